The number of aromatic nitrogens is 1. The van der Waals surface area contributed by atoms with E-state index in [0.29, 0.717) is 11.1 Å². The summed E-state index contributed by atoms with van der Waals surface area (Å²) >= 11 is 3.45. The molecule has 0 bridgehead atoms. The standard InChI is InChI=1S/C29H33BrN6O4/c30-20-1-5-25(31-18-20)35-11-8-19(9-12-35)7-10-33-13-15-34(16-14-33)21-2-3-22-23(17-21)29(40)36(28(22)39)24-4-6-26(37)32-27(24)38/h1-3,5,17-19,24H,4,6-16H2,(H,32,37,38). The summed E-state index contributed by atoms with van der Waals surface area (Å²) in [6.07, 6.45) is 5.71. The van der Waals surface area contributed by atoms with Crippen LogP contribution in [0.3, 0.4) is 0 Å². The van der Waals surface area contributed by atoms with Crippen molar-refractivity contribution in [3.8, 4) is 0 Å². The number of anilines is 2. The molecule has 1 aromatic carbocycles. The average Bonchev–Trinajstić information content (AvgIpc) is 3.22. The van der Waals surface area contributed by atoms with Gasteiger partial charge in [-0.1, -0.05) is 0 Å². The maximum atomic E-state index is 13.2. The van der Waals surface area contributed by atoms with Crippen molar-refractivity contribution in [1.29, 1.82) is 0 Å². The molecule has 4 amide bonds. The lowest BCUT2D eigenvalue weighted by Gasteiger charge is -2.38. The minimum Gasteiger partial charge on any atom is -0.369 e. The molecule has 210 valence electrons. The van der Waals surface area contributed by atoms with E-state index in [-0.39, 0.29) is 18.7 Å². The molecule has 1 N–H and O–H groups in total. The Kier molecular flexibility index (Phi) is 7.59. The van der Waals surface area contributed by atoms with Gasteiger partial charge in [-0.2, -0.15) is 0 Å². The van der Waals surface area contributed by atoms with Gasteiger partial charge < -0.3 is 9.80 Å². The second kappa shape index (κ2) is 11.3. The van der Waals surface area contributed by atoms with Crippen molar-refractivity contribution >= 4 is 51.1 Å². The third kappa shape index (κ3) is 5.36. The van der Waals surface area contributed by atoms with Crippen molar-refractivity contribution in [1.82, 2.24) is 20.1 Å². The number of fused-ring (bicyclic) bond motifs is 1. The van der Waals surface area contributed by atoms with Crippen LogP contribution in [-0.4, -0.2) is 90.3 Å². The van der Waals surface area contributed by atoms with Gasteiger partial charge in [0.1, 0.15) is 11.9 Å². The van der Waals surface area contributed by atoms with Crippen molar-refractivity contribution < 1.29 is 19.2 Å². The number of benzene rings is 1. The Morgan fingerprint density at radius 1 is 0.850 bits per heavy atom. The van der Waals surface area contributed by atoms with Crippen LogP contribution < -0.4 is 15.1 Å². The highest BCUT2D eigenvalue weighted by molar-refractivity contribution is 9.10. The molecule has 6 rings (SSSR count). The molecule has 3 fully saturated rings. The van der Waals surface area contributed by atoms with Gasteiger partial charge in [0.15, 0.2) is 0 Å². The molecule has 1 aromatic heterocycles. The molecule has 1 atom stereocenters. The first-order chi connectivity index (χ1) is 19.4. The van der Waals surface area contributed by atoms with E-state index in [1.54, 1.807) is 12.1 Å². The number of piperazine rings is 1. The van der Waals surface area contributed by atoms with E-state index >= 15 is 0 Å². The monoisotopic (exact) mass is 608 g/mol. The number of hydrogen-bond donors (Lipinski definition) is 1. The number of carbonyl (C=O) groups is 4. The largest absolute Gasteiger partial charge is 0.369 e. The van der Waals surface area contributed by atoms with Gasteiger partial charge in [0.25, 0.3) is 11.8 Å². The van der Waals surface area contributed by atoms with Gasteiger partial charge in [0.2, 0.25) is 11.8 Å². The first-order valence-electron chi connectivity index (χ1n) is 14.1. The number of imide groups is 2. The van der Waals surface area contributed by atoms with Crippen molar-refractivity contribution in [2.75, 3.05) is 55.6 Å². The van der Waals surface area contributed by atoms with E-state index in [4.69, 9.17) is 0 Å². The summed E-state index contributed by atoms with van der Waals surface area (Å²) in [7, 11) is 0. The zero-order chi connectivity index (χ0) is 27.8. The SMILES string of the molecule is O=C1CCC(N2C(=O)c3ccc(N4CCN(CCC5CCN(c6ccc(Br)cn6)CC5)CC4)cc3C2=O)C(=O)N1. The highest BCUT2D eigenvalue weighted by Gasteiger charge is 2.44. The molecule has 0 aliphatic carbocycles. The van der Waals surface area contributed by atoms with E-state index in [2.05, 4.69) is 47.0 Å². The second-order valence-electron chi connectivity index (χ2n) is 11.1. The topological polar surface area (TPSA) is 106 Å². The van der Waals surface area contributed by atoms with Crippen LogP contribution in [0.25, 0.3) is 0 Å². The zero-order valence-electron chi connectivity index (χ0n) is 22.4. The number of nitrogens with one attached hydrogen (secondary N) is 1. The van der Waals surface area contributed by atoms with Crippen molar-refractivity contribution in [3.63, 3.8) is 0 Å². The van der Waals surface area contributed by atoms with Gasteiger partial charge in [-0.25, -0.2) is 4.98 Å². The molecule has 1 unspecified atom stereocenters. The van der Waals surface area contributed by atoms with Gasteiger partial charge >= 0.3 is 0 Å². The van der Waals surface area contributed by atoms with Gasteiger partial charge in [0, 0.05) is 62.0 Å². The molecule has 3 saturated heterocycles. The highest BCUT2D eigenvalue weighted by atomic mass is 79.9. The van der Waals surface area contributed by atoms with Crippen LogP contribution in [0.2, 0.25) is 0 Å². The molecule has 40 heavy (non-hydrogen) atoms. The predicted octanol–water partition coefficient (Wildman–Crippen LogP) is 2.67. The summed E-state index contributed by atoms with van der Waals surface area (Å²) in [6.45, 7) is 6.80. The van der Waals surface area contributed by atoms with Crippen LogP contribution in [-0.2, 0) is 9.59 Å². The number of amides is 4. The summed E-state index contributed by atoms with van der Waals surface area (Å²) in [5.41, 5.74) is 1.57. The molecule has 0 radical (unpaired) electrons. The fraction of sp³-hybridized carbons (Fsp3) is 0.483. The second-order valence-corrected chi connectivity index (χ2v) is 12.0. The smallest absolute Gasteiger partial charge is 0.262 e. The number of piperidine rings is 2. The minimum atomic E-state index is -0.943. The van der Waals surface area contributed by atoms with E-state index < -0.39 is 23.8 Å². The highest BCUT2D eigenvalue weighted by Crippen LogP contribution is 2.31. The number of rotatable bonds is 6. The van der Waals surface area contributed by atoms with Crippen molar-refractivity contribution in [2.24, 2.45) is 5.92 Å². The summed E-state index contributed by atoms with van der Waals surface area (Å²) in [4.78, 5) is 62.7. The number of pyridine rings is 1. The van der Waals surface area contributed by atoms with Gasteiger partial charge in [-0.15, -0.1) is 0 Å². The van der Waals surface area contributed by atoms with Crippen LogP contribution in [0.15, 0.2) is 41.0 Å². The van der Waals surface area contributed by atoms with Crippen molar-refractivity contribution in [2.45, 2.75) is 38.1 Å². The fourth-order valence-electron chi connectivity index (χ4n) is 6.26. The molecule has 4 aliphatic rings. The van der Waals surface area contributed by atoms with E-state index in [1.807, 2.05) is 18.3 Å². The van der Waals surface area contributed by atoms with E-state index in [0.717, 1.165) is 72.6 Å². The number of carbonyl (C=O) groups excluding carboxylic acids is 4. The number of halogens is 1. The molecule has 0 saturated carbocycles. The molecule has 2 aromatic rings. The molecule has 11 heteroatoms. The van der Waals surface area contributed by atoms with E-state index in [1.165, 1.54) is 19.3 Å². The summed E-state index contributed by atoms with van der Waals surface area (Å²) in [5.74, 6) is -0.105. The Morgan fingerprint density at radius 3 is 2.30 bits per heavy atom. The zero-order valence-corrected chi connectivity index (χ0v) is 23.9. The van der Waals surface area contributed by atoms with E-state index in [9.17, 15) is 19.2 Å². The quantitative estimate of drug-likeness (QED) is 0.499. The van der Waals surface area contributed by atoms with Gasteiger partial charge in [0.05, 0.1) is 11.1 Å². The number of nitrogens with zero attached hydrogens (tertiary/aromatic N) is 5. The third-order valence-corrected chi connectivity index (χ3v) is 9.13. The molecular formula is C29H33BrN6O4. The normalized spacial score (nSPS) is 22.6. The first-order valence-corrected chi connectivity index (χ1v) is 14.9. The lowest BCUT2D eigenvalue weighted by atomic mass is 9.93. The maximum absolute atomic E-state index is 13.2. The predicted molar refractivity (Wildman–Crippen MR) is 153 cm³/mol. The number of hydrogen-bond acceptors (Lipinski definition) is 8. The van der Waals surface area contributed by atoms with Crippen LogP contribution in [0.5, 0.6) is 0 Å². The van der Waals surface area contributed by atoms with Gasteiger partial charge in [-0.05, 0) is 84.4 Å². The maximum Gasteiger partial charge on any atom is 0.262 e. The van der Waals surface area contributed by atoms with Crippen LogP contribution in [0.1, 0.15) is 52.8 Å². The summed E-state index contributed by atoms with van der Waals surface area (Å²) in [5, 5.41) is 2.24. The Balaban J connectivity index is 0.991. The Morgan fingerprint density at radius 2 is 1.60 bits per heavy atom. The summed E-state index contributed by atoms with van der Waals surface area (Å²) < 4.78 is 1.00. The molecule has 10 nitrogen and oxygen atoms in total. The lowest BCUT2D eigenvalue weighted by Crippen LogP contribution is -2.54. The first kappa shape index (κ1) is 26.9. The van der Waals surface area contributed by atoms with Crippen molar-refractivity contribution in [3.05, 3.63) is 52.1 Å². The molecule has 5 heterocycles. The molecular weight excluding hydrogens is 576 g/mol. The van der Waals surface area contributed by atoms with Crippen LogP contribution in [0, 0.1) is 5.92 Å². The fourth-order valence-corrected chi connectivity index (χ4v) is 6.49. The molecule has 4 aliphatic heterocycles. The van der Waals surface area contributed by atoms with Crippen LogP contribution >= 0.6 is 15.9 Å². The average molecular weight is 610 g/mol. The third-order valence-electron chi connectivity index (χ3n) is 8.66. The Labute approximate surface area is 241 Å². The summed E-state index contributed by atoms with van der Waals surface area (Å²) in [6, 6.07) is 8.55. The molecule has 0 spiro atoms. The van der Waals surface area contributed by atoms with Gasteiger partial charge in [-0.3, -0.25) is 34.3 Å². The Hall–Kier alpha value is -3.31. The van der Waals surface area contributed by atoms with Crippen LogP contribution in [0.4, 0.5) is 11.5 Å². The Bertz CT molecular complexity index is 1320. The minimum absolute atomic E-state index is 0.113. The lowest BCUT2D eigenvalue weighted by molar-refractivity contribution is -0.136.